The van der Waals surface area contributed by atoms with E-state index in [0.717, 1.165) is 34.1 Å². The molecule has 9 nitrogen and oxygen atoms in total. The van der Waals surface area contributed by atoms with Crippen molar-refractivity contribution in [3.8, 4) is 11.4 Å². The Morgan fingerprint density at radius 2 is 1.66 bits per heavy atom. The van der Waals surface area contributed by atoms with Gasteiger partial charge in [0.05, 0.1) is 6.33 Å². The van der Waals surface area contributed by atoms with Gasteiger partial charge in [-0.2, -0.15) is 14.1 Å². The van der Waals surface area contributed by atoms with Gasteiger partial charge in [0.15, 0.2) is 22.8 Å². The van der Waals surface area contributed by atoms with Crippen LogP contribution in [0.2, 0.25) is 0 Å². The third-order valence-corrected chi connectivity index (χ3v) is 6.22. The lowest BCUT2D eigenvalue weighted by atomic mass is 10.2. The van der Waals surface area contributed by atoms with Crippen molar-refractivity contribution >= 4 is 34.9 Å². The molecule has 0 saturated carbocycles. The summed E-state index contributed by atoms with van der Waals surface area (Å²) in [5, 5.41) is 11.3. The molecule has 2 N–H and O–H groups in total. The van der Waals surface area contributed by atoms with Gasteiger partial charge in [0, 0.05) is 30.4 Å². The molecule has 0 aliphatic heterocycles. The maximum atomic E-state index is 4.75. The Labute approximate surface area is 208 Å². The Morgan fingerprint density at radius 3 is 2.43 bits per heavy atom. The minimum atomic E-state index is 0.242. The highest BCUT2D eigenvalue weighted by Crippen LogP contribution is 2.24. The van der Waals surface area contributed by atoms with Gasteiger partial charge < -0.3 is 15.2 Å². The van der Waals surface area contributed by atoms with Crippen LogP contribution in [0.5, 0.6) is 0 Å². The molecular formula is C25H27N9S. The van der Waals surface area contributed by atoms with E-state index in [2.05, 4.69) is 56.2 Å². The van der Waals surface area contributed by atoms with Crippen LogP contribution in [-0.2, 0) is 6.54 Å². The van der Waals surface area contributed by atoms with E-state index < -0.39 is 0 Å². The number of nitrogens with one attached hydrogen (secondary N) is 2. The summed E-state index contributed by atoms with van der Waals surface area (Å²) in [5.74, 6) is 2.78. The van der Waals surface area contributed by atoms with Crippen LogP contribution in [0.4, 0.5) is 11.8 Å². The van der Waals surface area contributed by atoms with Gasteiger partial charge in [-0.05, 0) is 31.4 Å². The highest BCUT2D eigenvalue weighted by atomic mass is 32.2. The Kier molecular flexibility index (Phi) is 6.89. The summed E-state index contributed by atoms with van der Waals surface area (Å²) in [6, 6.07) is 20.4. The first-order chi connectivity index (χ1) is 17.2. The van der Waals surface area contributed by atoms with Crippen molar-refractivity contribution in [2.75, 3.05) is 22.9 Å². The van der Waals surface area contributed by atoms with E-state index in [9.17, 15) is 0 Å². The van der Waals surface area contributed by atoms with E-state index >= 15 is 0 Å². The Balaban J connectivity index is 1.26. The monoisotopic (exact) mass is 485 g/mol. The van der Waals surface area contributed by atoms with Crippen molar-refractivity contribution in [1.29, 1.82) is 0 Å². The van der Waals surface area contributed by atoms with Crippen molar-refractivity contribution < 1.29 is 0 Å². The van der Waals surface area contributed by atoms with Gasteiger partial charge in [-0.3, -0.25) is 0 Å². The topological polar surface area (TPSA) is 98.4 Å². The van der Waals surface area contributed by atoms with Crippen LogP contribution >= 0.6 is 11.9 Å². The molecule has 5 rings (SSSR count). The van der Waals surface area contributed by atoms with Gasteiger partial charge in [0.2, 0.25) is 5.95 Å². The van der Waals surface area contributed by atoms with E-state index in [4.69, 9.17) is 9.97 Å². The molecule has 0 fully saturated rings. The number of imidazole rings is 1. The molecule has 5 aromatic rings. The fourth-order valence-electron chi connectivity index (χ4n) is 3.61. The summed E-state index contributed by atoms with van der Waals surface area (Å²) < 4.78 is 3.85. The van der Waals surface area contributed by atoms with E-state index in [-0.39, 0.29) is 6.04 Å². The number of fused-ring (bicyclic) bond motifs is 1. The fraction of sp³-hybridized carbons (Fsp3) is 0.240. The zero-order valence-corrected chi connectivity index (χ0v) is 20.5. The molecule has 0 atom stereocenters. The third kappa shape index (κ3) is 5.43. The lowest BCUT2D eigenvalue weighted by Crippen LogP contribution is -2.12. The van der Waals surface area contributed by atoms with Crippen molar-refractivity contribution in [3.05, 3.63) is 78.9 Å². The molecule has 0 saturated heterocycles. The first-order valence-electron chi connectivity index (χ1n) is 11.5. The Hall–Kier alpha value is -3.92. The van der Waals surface area contributed by atoms with E-state index in [1.54, 1.807) is 22.4 Å². The second kappa shape index (κ2) is 10.6. The molecule has 3 aromatic heterocycles. The highest BCUT2D eigenvalue weighted by molar-refractivity contribution is 7.97. The van der Waals surface area contributed by atoms with Gasteiger partial charge in [0.25, 0.3) is 0 Å². The van der Waals surface area contributed by atoms with Gasteiger partial charge in [-0.15, -0.1) is 5.10 Å². The molecule has 0 radical (unpaired) electrons. The SMILES string of the molecule is CC(C)n1cnc2c(NCc3ccccc3)nc(NCCSn3cnc(-c4ccccc4)n3)nc21. The van der Waals surface area contributed by atoms with Crippen molar-refractivity contribution in [1.82, 2.24) is 33.7 Å². The zero-order valence-electron chi connectivity index (χ0n) is 19.7. The molecule has 35 heavy (non-hydrogen) atoms. The lowest BCUT2D eigenvalue weighted by Gasteiger charge is -2.12. The molecule has 0 spiro atoms. The second-order valence-corrected chi connectivity index (χ2v) is 9.29. The number of hydrogen-bond donors (Lipinski definition) is 2. The van der Waals surface area contributed by atoms with E-state index in [1.165, 1.54) is 5.56 Å². The smallest absolute Gasteiger partial charge is 0.226 e. The molecular weight excluding hydrogens is 458 g/mol. The normalized spacial score (nSPS) is 11.3. The maximum Gasteiger partial charge on any atom is 0.226 e. The summed E-state index contributed by atoms with van der Waals surface area (Å²) in [4.78, 5) is 18.5. The molecule has 0 bridgehead atoms. The molecule has 2 aromatic carbocycles. The average Bonchev–Trinajstić information content (AvgIpc) is 3.54. The summed E-state index contributed by atoms with van der Waals surface area (Å²) in [5.41, 5.74) is 3.76. The summed E-state index contributed by atoms with van der Waals surface area (Å²) in [6.07, 6.45) is 3.56. The predicted octanol–water partition coefficient (Wildman–Crippen LogP) is 4.89. The number of benzene rings is 2. The summed E-state index contributed by atoms with van der Waals surface area (Å²) in [6.45, 7) is 5.56. The van der Waals surface area contributed by atoms with Gasteiger partial charge in [0.1, 0.15) is 6.33 Å². The number of aromatic nitrogens is 7. The summed E-state index contributed by atoms with van der Waals surface area (Å²) in [7, 11) is 0. The van der Waals surface area contributed by atoms with Crippen LogP contribution in [0.25, 0.3) is 22.6 Å². The molecule has 0 aliphatic carbocycles. The lowest BCUT2D eigenvalue weighted by molar-refractivity contribution is 0.613. The number of rotatable bonds is 10. The number of nitrogens with zero attached hydrogens (tertiary/aromatic N) is 7. The highest BCUT2D eigenvalue weighted by Gasteiger charge is 2.15. The molecule has 0 amide bonds. The van der Waals surface area contributed by atoms with Crippen LogP contribution in [0, 0.1) is 0 Å². The van der Waals surface area contributed by atoms with Gasteiger partial charge in [-0.1, -0.05) is 60.7 Å². The quantitative estimate of drug-likeness (QED) is 0.270. The standard InChI is InChI=1S/C25H27N9S/c1-18(2)33-16-28-21-23(27-15-19-9-5-3-6-10-19)30-25(31-24(21)33)26-13-14-35-34-17-29-22(32-34)20-11-7-4-8-12-20/h3-12,16-18H,13-15H2,1-2H3,(H2,26,27,30,31). The maximum absolute atomic E-state index is 4.75. The van der Waals surface area contributed by atoms with Crippen LogP contribution in [-0.4, -0.2) is 46.0 Å². The van der Waals surface area contributed by atoms with Gasteiger partial charge in [-0.25, -0.2) is 9.97 Å². The van der Waals surface area contributed by atoms with Gasteiger partial charge >= 0.3 is 0 Å². The third-order valence-electron chi connectivity index (χ3n) is 5.39. The predicted molar refractivity (Wildman–Crippen MR) is 141 cm³/mol. The summed E-state index contributed by atoms with van der Waals surface area (Å²) >= 11 is 1.57. The molecule has 0 aliphatic rings. The van der Waals surface area contributed by atoms with Crippen LogP contribution < -0.4 is 10.6 Å². The van der Waals surface area contributed by atoms with E-state index in [1.807, 2.05) is 54.9 Å². The zero-order chi connectivity index (χ0) is 24.0. The van der Waals surface area contributed by atoms with Crippen LogP contribution in [0.3, 0.4) is 0 Å². The van der Waals surface area contributed by atoms with Crippen LogP contribution in [0.15, 0.2) is 73.3 Å². The van der Waals surface area contributed by atoms with E-state index in [0.29, 0.717) is 19.0 Å². The average molecular weight is 486 g/mol. The second-order valence-electron chi connectivity index (χ2n) is 8.25. The first-order valence-corrected chi connectivity index (χ1v) is 12.5. The number of anilines is 2. The molecule has 178 valence electrons. The molecule has 10 heteroatoms. The largest absolute Gasteiger partial charge is 0.364 e. The first kappa shape index (κ1) is 22.9. The van der Waals surface area contributed by atoms with Crippen LogP contribution in [0.1, 0.15) is 25.5 Å². The minimum Gasteiger partial charge on any atom is -0.364 e. The Morgan fingerprint density at radius 1 is 0.886 bits per heavy atom. The fourth-order valence-corrected chi connectivity index (χ4v) is 4.24. The number of hydrogen-bond acceptors (Lipinski definition) is 8. The molecule has 3 heterocycles. The van der Waals surface area contributed by atoms with Crippen molar-refractivity contribution in [2.45, 2.75) is 26.4 Å². The molecule has 0 unspecified atom stereocenters. The van der Waals surface area contributed by atoms with Crippen molar-refractivity contribution in [2.24, 2.45) is 0 Å². The Bertz CT molecular complexity index is 1380. The minimum absolute atomic E-state index is 0.242. The van der Waals surface area contributed by atoms with Crippen molar-refractivity contribution in [3.63, 3.8) is 0 Å².